The second-order valence-electron chi connectivity index (χ2n) is 4.96. The summed E-state index contributed by atoms with van der Waals surface area (Å²) >= 11 is 0. The predicted molar refractivity (Wildman–Crippen MR) is 76.0 cm³/mol. The summed E-state index contributed by atoms with van der Waals surface area (Å²) in [6.45, 7) is 9.06. The van der Waals surface area contributed by atoms with E-state index in [4.69, 9.17) is 0 Å². The van der Waals surface area contributed by atoms with Gasteiger partial charge >= 0.3 is 0 Å². The van der Waals surface area contributed by atoms with E-state index in [-0.39, 0.29) is 0 Å². The fraction of sp³-hybridized carbons (Fsp3) is 0.571. The van der Waals surface area contributed by atoms with Gasteiger partial charge in [0, 0.05) is 31.0 Å². The minimum Gasteiger partial charge on any atom is -0.313 e. The molecule has 0 aliphatic heterocycles. The van der Waals surface area contributed by atoms with Crippen LogP contribution >= 0.6 is 0 Å². The van der Waals surface area contributed by atoms with Crippen molar-refractivity contribution in [3.8, 4) is 0 Å². The molecule has 0 bridgehead atoms. The maximum atomic E-state index is 4.62. The number of aromatic nitrogens is 4. The Hall–Kier alpha value is -1.62. The zero-order chi connectivity index (χ0) is 13.8. The lowest BCUT2D eigenvalue weighted by Gasteiger charge is -2.05. The maximum Gasteiger partial charge on any atom is 0.0853 e. The van der Waals surface area contributed by atoms with Gasteiger partial charge in [-0.05, 0) is 32.9 Å². The summed E-state index contributed by atoms with van der Waals surface area (Å²) in [5.41, 5.74) is 4.69. The molecule has 0 fully saturated rings. The van der Waals surface area contributed by atoms with Crippen molar-refractivity contribution >= 4 is 0 Å². The van der Waals surface area contributed by atoms with Crippen LogP contribution in [-0.2, 0) is 20.1 Å². The van der Waals surface area contributed by atoms with Crippen molar-refractivity contribution < 1.29 is 0 Å². The second kappa shape index (κ2) is 6.02. The van der Waals surface area contributed by atoms with Crippen molar-refractivity contribution in [3.63, 3.8) is 0 Å². The van der Waals surface area contributed by atoms with Crippen LogP contribution in [0.3, 0.4) is 0 Å². The molecule has 5 heteroatoms. The molecule has 5 nitrogen and oxygen atoms in total. The van der Waals surface area contributed by atoms with E-state index in [1.165, 1.54) is 11.3 Å². The molecular weight excluding hydrogens is 238 g/mol. The average molecular weight is 261 g/mol. The lowest BCUT2D eigenvalue weighted by atomic mass is 10.2. The van der Waals surface area contributed by atoms with Crippen LogP contribution in [0, 0.1) is 13.8 Å². The molecule has 0 saturated carbocycles. The maximum absolute atomic E-state index is 4.62. The van der Waals surface area contributed by atoms with Gasteiger partial charge in [-0.2, -0.15) is 10.2 Å². The highest BCUT2D eigenvalue weighted by Crippen LogP contribution is 2.14. The van der Waals surface area contributed by atoms with Gasteiger partial charge in [0.15, 0.2) is 0 Å². The van der Waals surface area contributed by atoms with Crippen LogP contribution in [0.25, 0.3) is 0 Å². The van der Waals surface area contributed by atoms with Crippen LogP contribution in [0.15, 0.2) is 12.3 Å². The van der Waals surface area contributed by atoms with E-state index in [2.05, 4.69) is 36.3 Å². The van der Waals surface area contributed by atoms with E-state index in [0.717, 1.165) is 37.4 Å². The molecule has 2 aromatic rings. The lowest BCUT2D eigenvalue weighted by Crippen LogP contribution is -2.15. The summed E-state index contributed by atoms with van der Waals surface area (Å²) < 4.78 is 3.87. The second-order valence-corrected chi connectivity index (χ2v) is 4.96. The fourth-order valence-corrected chi connectivity index (χ4v) is 2.23. The Kier molecular flexibility index (Phi) is 4.37. The average Bonchev–Trinajstić information content (AvgIpc) is 2.88. The van der Waals surface area contributed by atoms with Gasteiger partial charge in [0.25, 0.3) is 0 Å². The van der Waals surface area contributed by atoms with Gasteiger partial charge < -0.3 is 5.32 Å². The summed E-state index contributed by atoms with van der Waals surface area (Å²) in [4.78, 5) is 0. The van der Waals surface area contributed by atoms with Gasteiger partial charge in [0.2, 0.25) is 0 Å². The first-order valence-electron chi connectivity index (χ1n) is 6.84. The van der Waals surface area contributed by atoms with E-state index in [0.29, 0.717) is 0 Å². The van der Waals surface area contributed by atoms with Gasteiger partial charge in [0.05, 0.1) is 17.9 Å². The number of nitrogens with one attached hydrogen (secondary N) is 1. The fourth-order valence-electron chi connectivity index (χ4n) is 2.23. The van der Waals surface area contributed by atoms with Gasteiger partial charge in [-0.3, -0.25) is 9.36 Å². The molecule has 0 spiro atoms. The van der Waals surface area contributed by atoms with Gasteiger partial charge in [0.1, 0.15) is 0 Å². The lowest BCUT2D eigenvalue weighted by molar-refractivity contribution is 0.627. The third-order valence-electron chi connectivity index (χ3n) is 3.34. The topological polar surface area (TPSA) is 47.7 Å². The Labute approximate surface area is 114 Å². The van der Waals surface area contributed by atoms with Crippen LogP contribution in [0.4, 0.5) is 0 Å². The van der Waals surface area contributed by atoms with E-state index < -0.39 is 0 Å². The summed E-state index contributed by atoms with van der Waals surface area (Å²) in [7, 11) is 1.94. The molecule has 0 aliphatic rings. The van der Waals surface area contributed by atoms with Crippen molar-refractivity contribution in [1.29, 1.82) is 0 Å². The predicted octanol–water partition coefficient (Wildman–Crippen LogP) is 1.78. The molecule has 2 heterocycles. The third kappa shape index (κ3) is 3.23. The van der Waals surface area contributed by atoms with Crippen molar-refractivity contribution in [2.24, 2.45) is 7.05 Å². The molecule has 0 aromatic carbocycles. The summed E-state index contributed by atoms with van der Waals surface area (Å²) in [6, 6.07) is 2.03. The number of aryl methyl sites for hydroxylation is 2. The zero-order valence-electron chi connectivity index (χ0n) is 12.3. The van der Waals surface area contributed by atoms with Crippen LogP contribution < -0.4 is 5.32 Å². The van der Waals surface area contributed by atoms with Crippen molar-refractivity contribution in [2.75, 3.05) is 6.54 Å². The zero-order valence-corrected chi connectivity index (χ0v) is 12.3. The summed E-state index contributed by atoms with van der Waals surface area (Å²) in [6.07, 6.45) is 3.12. The molecule has 0 atom stereocenters. The van der Waals surface area contributed by atoms with Gasteiger partial charge in [-0.1, -0.05) is 6.92 Å². The molecule has 2 aromatic heterocycles. The molecule has 0 aliphatic carbocycles. The molecule has 0 saturated heterocycles. The normalized spacial score (nSPS) is 11.2. The summed E-state index contributed by atoms with van der Waals surface area (Å²) in [5.74, 6) is 0. The number of nitrogens with zero attached hydrogens (tertiary/aromatic N) is 4. The van der Waals surface area contributed by atoms with Gasteiger partial charge in [-0.15, -0.1) is 0 Å². The van der Waals surface area contributed by atoms with Crippen molar-refractivity contribution in [3.05, 3.63) is 34.9 Å². The Morgan fingerprint density at radius 1 is 1.26 bits per heavy atom. The molecule has 2 rings (SSSR count). The Morgan fingerprint density at radius 2 is 2.05 bits per heavy atom. The van der Waals surface area contributed by atoms with Crippen LogP contribution in [-0.4, -0.2) is 26.1 Å². The highest BCUT2D eigenvalue weighted by Gasteiger charge is 2.11. The standard InChI is InChI=1S/C14H23N5/c1-5-7-15-9-14-11(2)16-19(12(14)3)10-13-6-8-18(4)17-13/h6,8,15H,5,7,9-10H2,1-4H3. The Bertz CT molecular complexity index is 538. The monoisotopic (exact) mass is 261 g/mol. The van der Waals surface area contributed by atoms with Gasteiger partial charge in [-0.25, -0.2) is 0 Å². The SMILES string of the molecule is CCCNCc1c(C)nn(Cc2ccn(C)n2)c1C. The van der Waals surface area contributed by atoms with E-state index >= 15 is 0 Å². The van der Waals surface area contributed by atoms with Crippen molar-refractivity contribution in [2.45, 2.75) is 40.3 Å². The number of hydrogen-bond donors (Lipinski definition) is 1. The number of hydrogen-bond acceptors (Lipinski definition) is 3. The van der Waals surface area contributed by atoms with Crippen LogP contribution in [0.2, 0.25) is 0 Å². The molecule has 19 heavy (non-hydrogen) atoms. The quantitative estimate of drug-likeness (QED) is 0.806. The highest BCUT2D eigenvalue weighted by molar-refractivity contribution is 5.25. The largest absolute Gasteiger partial charge is 0.313 e. The molecule has 1 N–H and O–H groups in total. The smallest absolute Gasteiger partial charge is 0.0853 e. The molecule has 0 unspecified atom stereocenters. The third-order valence-corrected chi connectivity index (χ3v) is 3.34. The first kappa shape index (κ1) is 13.8. The van der Waals surface area contributed by atoms with E-state index in [1.54, 1.807) is 0 Å². The minimum atomic E-state index is 0.737. The Balaban J connectivity index is 2.11. The molecule has 104 valence electrons. The molecule has 0 amide bonds. The Morgan fingerprint density at radius 3 is 2.68 bits per heavy atom. The van der Waals surface area contributed by atoms with Crippen LogP contribution in [0.1, 0.15) is 36.0 Å². The summed E-state index contributed by atoms with van der Waals surface area (Å²) in [5, 5.41) is 12.5. The van der Waals surface area contributed by atoms with Crippen molar-refractivity contribution in [1.82, 2.24) is 24.9 Å². The molecule has 0 radical (unpaired) electrons. The minimum absolute atomic E-state index is 0.737. The van der Waals surface area contributed by atoms with E-state index in [1.807, 2.05) is 28.7 Å². The molecular formula is C14H23N5. The van der Waals surface area contributed by atoms with Crippen LogP contribution in [0.5, 0.6) is 0 Å². The van der Waals surface area contributed by atoms with E-state index in [9.17, 15) is 0 Å². The number of rotatable bonds is 6. The first-order valence-corrected chi connectivity index (χ1v) is 6.84. The highest BCUT2D eigenvalue weighted by atomic mass is 15.3. The first-order chi connectivity index (χ1) is 9.11.